The normalized spacial score (nSPS) is 14.4. The monoisotopic (exact) mass is 372 g/mol. The number of para-hydroxylation sites is 1. The van der Waals surface area contributed by atoms with Crippen molar-refractivity contribution in [3.63, 3.8) is 0 Å². The number of hydrogen-bond acceptors (Lipinski definition) is 4. The van der Waals surface area contributed by atoms with Crippen LogP contribution in [-0.2, 0) is 0 Å². The number of anilines is 2. The van der Waals surface area contributed by atoms with Gasteiger partial charge in [0.25, 0.3) is 5.91 Å². The van der Waals surface area contributed by atoms with E-state index < -0.39 is 0 Å². The molecule has 0 spiro atoms. The Labute approximate surface area is 165 Å². The lowest BCUT2D eigenvalue weighted by Gasteiger charge is -2.22. The van der Waals surface area contributed by atoms with Gasteiger partial charge in [-0.3, -0.25) is 4.79 Å². The Morgan fingerprint density at radius 2 is 1.46 bits per heavy atom. The Morgan fingerprint density at radius 1 is 0.821 bits per heavy atom. The second-order valence-electron chi connectivity index (χ2n) is 7.02. The summed E-state index contributed by atoms with van der Waals surface area (Å²) in [6.45, 7) is 1.93. The minimum atomic E-state index is -0.221. The molecule has 1 fully saturated rings. The fourth-order valence-corrected chi connectivity index (χ4v) is 3.45. The van der Waals surface area contributed by atoms with Crippen molar-refractivity contribution >= 4 is 17.4 Å². The van der Waals surface area contributed by atoms with Crippen molar-refractivity contribution in [1.29, 1.82) is 0 Å². The van der Waals surface area contributed by atoms with Gasteiger partial charge in [0.1, 0.15) is 11.5 Å². The van der Waals surface area contributed by atoms with Crippen LogP contribution >= 0.6 is 0 Å². The van der Waals surface area contributed by atoms with Gasteiger partial charge in [-0.15, -0.1) is 0 Å². The van der Waals surface area contributed by atoms with Crippen molar-refractivity contribution in [3.8, 4) is 11.4 Å². The van der Waals surface area contributed by atoms with E-state index in [1.165, 1.54) is 12.8 Å². The lowest BCUT2D eigenvalue weighted by Crippen LogP contribution is -2.26. The Balaban J connectivity index is 1.70. The summed E-state index contributed by atoms with van der Waals surface area (Å²) in [5, 5.41) is 2.93. The molecule has 0 atom stereocenters. The van der Waals surface area contributed by atoms with Gasteiger partial charge in [-0.1, -0.05) is 61.4 Å². The van der Waals surface area contributed by atoms with Crippen molar-refractivity contribution < 1.29 is 4.79 Å². The zero-order valence-corrected chi connectivity index (χ0v) is 15.8. The van der Waals surface area contributed by atoms with Gasteiger partial charge in [0.15, 0.2) is 5.82 Å². The number of hydrogen-bond donors (Lipinski definition) is 1. The number of rotatable bonds is 4. The molecule has 1 amide bonds. The van der Waals surface area contributed by atoms with Crippen LogP contribution < -0.4 is 10.2 Å². The van der Waals surface area contributed by atoms with Gasteiger partial charge in [0, 0.05) is 30.4 Å². The lowest BCUT2D eigenvalue weighted by molar-refractivity contribution is 0.102. The molecule has 0 saturated carbocycles. The van der Waals surface area contributed by atoms with Crippen molar-refractivity contribution in [1.82, 2.24) is 9.97 Å². The molecule has 5 heteroatoms. The molecule has 5 nitrogen and oxygen atoms in total. The highest BCUT2D eigenvalue weighted by molar-refractivity contribution is 6.03. The maximum absolute atomic E-state index is 12.9. The van der Waals surface area contributed by atoms with E-state index in [1.807, 2.05) is 66.7 Å². The third-order valence-electron chi connectivity index (χ3n) is 4.94. The van der Waals surface area contributed by atoms with Crippen LogP contribution in [0.4, 0.5) is 11.5 Å². The Kier molecular flexibility index (Phi) is 5.61. The maximum atomic E-state index is 12.9. The summed E-state index contributed by atoms with van der Waals surface area (Å²) >= 11 is 0. The molecule has 0 radical (unpaired) electrons. The standard InChI is InChI=1S/C23H24N4O/c28-23(24-19-13-7-4-8-14-19)20-17-21(27-15-9-1-2-10-16-27)26-22(25-20)18-11-5-3-6-12-18/h3-8,11-14,17H,1-2,9-10,15-16H2,(H,24,28). The van der Waals surface area contributed by atoms with E-state index in [0.29, 0.717) is 11.5 Å². The number of benzene rings is 2. The minimum Gasteiger partial charge on any atom is -0.356 e. The molecular formula is C23H24N4O. The van der Waals surface area contributed by atoms with Crippen LogP contribution in [0, 0.1) is 0 Å². The van der Waals surface area contributed by atoms with Crippen LogP contribution in [0.1, 0.15) is 36.2 Å². The summed E-state index contributed by atoms with van der Waals surface area (Å²) in [6.07, 6.45) is 4.79. The molecule has 4 rings (SSSR count). The molecule has 1 aliphatic heterocycles. The van der Waals surface area contributed by atoms with Gasteiger partial charge < -0.3 is 10.2 Å². The average molecular weight is 372 g/mol. The number of nitrogens with one attached hydrogen (secondary N) is 1. The molecule has 142 valence electrons. The van der Waals surface area contributed by atoms with Gasteiger partial charge in [0.05, 0.1) is 0 Å². The van der Waals surface area contributed by atoms with Gasteiger partial charge in [-0.2, -0.15) is 0 Å². The summed E-state index contributed by atoms with van der Waals surface area (Å²) < 4.78 is 0. The predicted molar refractivity (Wildman–Crippen MR) is 113 cm³/mol. The van der Waals surface area contributed by atoms with Crippen molar-refractivity contribution in [3.05, 3.63) is 72.4 Å². The van der Waals surface area contributed by atoms with Crippen LogP contribution in [-0.4, -0.2) is 29.0 Å². The molecule has 2 heterocycles. The largest absolute Gasteiger partial charge is 0.356 e. The fraction of sp³-hybridized carbons (Fsp3) is 0.261. The Hall–Kier alpha value is -3.21. The first-order valence-electron chi connectivity index (χ1n) is 9.85. The van der Waals surface area contributed by atoms with Gasteiger partial charge in [-0.25, -0.2) is 9.97 Å². The third kappa shape index (κ3) is 4.36. The van der Waals surface area contributed by atoms with E-state index in [4.69, 9.17) is 4.98 Å². The number of aromatic nitrogens is 2. The van der Waals surface area contributed by atoms with E-state index in [2.05, 4.69) is 15.2 Å². The van der Waals surface area contributed by atoms with E-state index in [9.17, 15) is 4.79 Å². The molecule has 28 heavy (non-hydrogen) atoms. The summed E-state index contributed by atoms with van der Waals surface area (Å²) in [5.41, 5.74) is 2.05. The van der Waals surface area contributed by atoms with Gasteiger partial charge in [-0.05, 0) is 25.0 Å². The number of carbonyl (C=O) groups excluding carboxylic acids is 1. The highest BCUT2D eigenvalue weighted by Gasteiger charge is 2.18. The first-order chi connectivity index (χ1) is 13.8. The molecule has 1 aromatic heterocycles. The van der Waals surface area contributed by atoms with E-state index in [-0.39, 0.29) is 5.91 Å². The highest BCUT2D eigenvalue weighted by Crippen LogP contribution is 2.23. The van der Waals surface area contributed by atoms with E-state index >= 15 is 0 Å². The zero-order valence-electron chi connectivity index (χ0n) is 15.8. The Morgan fingerprint density at radius 3 is 2.14 bits per heavy atom. The van der Waals surface area contributed by atoms with Crippen LogP contribution in [0.3, 0.4) is 0 Å². The molecular weight excluding hydrogens is 348 g/mol. The van der Waals surface area contributed by atoms with Crippen molar-refractivity contribution in [2.75, 3.05) is 23.3 Å². The molecule has 1 N–H and O–H groups in total. The summed E-state index contributed by atoms with van der Waals surface area (Å²) in [4.78, 5) is 24.5. The summed E-state index contributed by atoms with van der Waals surface area (Å²) in [7, 11) is 0. The molecule has 1 saturated heterocycles. The van der Waals surface area contributed by atoms with Crippen molar-refractivity contribution in [2.45, 2.75) is 25.7 Å². The molecule has 2 aromatic carbocycles. The van der Waals surface area contributed by atoms with Gasteiger partial charge in [0.2, 0.25) is 0 Å². The second kappa shape index (κ2) is 8.65. The van der Waals surface area contributed by atoms with E-state index in [1.54, 1.807) is 0 Å². The van der Waals surface area contributed by atoms with Crippen molar-refractivity contribution in [2.24, 2.45) is 0 Å². The first-order valence-corrected chi connectivity index (χ1v) is 9.85. The molecule has 1 aliphatic rings. The zero-order chi connectivity index (χ0) is 19.2. The maximum Gasteiger partial charge on any atom is 0.274 e. The average Bonchev–Trinajstić information content (AvgIpc) is 3.04. The third-order valence-corrected chi connectivity index (χ3v) is 4.94. The topological polar surface area (TPSA) is 58.1 Å². The molecule has 0 unspecified atom stereocenters. The second-order valence-corrected chi connectivity index (χ2v) is 7.02. The predicted octanol–water partition coefficient (Wildman–Crippen LogP) is 4.78. The highest BCUT2D eigenvalue weighted by atomic mass is 16.1. The summed E-state index contributed by atoms with van der Waals surface area (Å²) in [5.74, 6) is 1.19. The number of carbonyl (C=O) groups is 1. The molecule has 3 aromatic rings. The smallest absolute Gasteiger partial charge is 0.274 e. The van der Waals surface area contributed by atoms with Gasteiger partial charge >= 0.3 is 0 Å². The number of nitrogens with zero attached hydrogens (tertiary/aromatic N) is 3. The van der Waals surface area contributed by atoms with Crippen LogP contribution in [0.5, 0.6) is 0 Å². The summed E-state index contributed by atoms with van der Waals surface area (Å²) in [6, 6.07) is 21.1. The van der Waals surface area contributed by atoms with E-state index in [0.717, 1.165) is 43.0 Å². The first kappa shape index (κ1) is 18.2. The van der Waals surface area contributed by atoms with Crippen LogP contribution in [0.15, 0.2) is 66.7 Å². The quantitative estimate of drug-likeness (QED) is 0.716. The lowest BCUT2D eigenvalue weighted by atomic mass is 10.2. The SMILES string of the molecule is O=C(Nc1ccccc1)c1cc(N2CCCCCC2)nc(-c2ccccc2)n1. The fourth-order valence-electron chi connectivity index (χ4n) is 3.45. The van der Waals surface area contributed by atoms with Crippen LogP contribution in [0.2, 0.25) is 0 Å². The molecule has 0 aliphatic carbocycles. The van der Waals surface area contributed by atoms with Crippen LogP contribution in [0.25, 0.3) is 11.4 Å². The minimum absolute atomic E-state index is 0.221. The Bertz CT molecular complexity index is 920. The number of amides is 1. The molecule has 0 bridgehead atoms.